The van der Waals surface area contributed by atoms with Crippen LogP contribution < -0.4 is 10.9 Å². The number of nitrogens with one attached hydrogen (secondary N) is 1. The number of fused-ring (bicyclic) bond motifs is 5. The molecule has 0 radical (unpaired) electrons. The van der Waals surface area contributed by atoms with E-state index in [2.05, 4.69) is 5.32 Å². The van der Waals surface area contributed by atoms with Crippen LogP contribution in [-0.4, -0.2) is 24.6 Å². The number of benzene rings is 2. The van der Waals surface area contributed by atoms with Crippen molar-refractivity contribution in [1.29, 1.82) is 0 Å². The second kappa shape index (κ2) is 7.21. The van der Waals surface area contributed by atoms with Gasteiger partial charge in [0.1, 0.15) is 11.3 Å². The number of nitro groups is 1. The number of hydrogen-bond donors (Lipinski definition) is 1. The van der Waals surface area contributed by atoms with Crippen LogP contribution in [0.3, 0.4) is 0 Å². The molecule has 9 nitrogen and oxygen atoms in total. The molecule has 1 fully saturated rings. The normalized spacial score (nSPS) is 21.8. The summed E-state index contributed by atoms with van der Waals surface area (Å²) in [6.07, 6.45) is 0.340. The number of carbonyl (C=O) groups excluding carboxylic acids is 1. The minimum absolute atomic E-state index is 0.000684. The number of anilines is 1. The van der Waals surface area contributed by atoms with Gasteiger partial charge in [0.2, 0.25) is 0 Å². The molecule has 158 valence electrons. The highest BCUT2D eigenvalue weighted by Crippen LogP contribution is 2.51. The Morgan fingerprint density at radius 1 is 1.23 bits per heavy atom. The lowest BCUT2D eigenvalue weighted by molar-refractivity contribution is -0.384. The van der Waals surface area contributed by atoms with Gasteiger partial charge in [0, 0.05) is 35.6 Å². The van der Waals surface area contributed by atoms with Gasteiger partial charge in [-0.15, -0.1) is 0 Å². The fourth-order valence-electron chi connectivity index (χ4n) is 4.54. The maximum Gasteiger partial charge on any atom is 0.360 e. The van der Waals surface area contributed by atoms with Gasteiger partial charge in [-0.3, -0.25) is 10.1 Å². The highest BCUT2D eigenvalue weighted by molar-refractivity contribution is 5.89. The third kappa shape index (κ3) is 3.05. The fourth-order valence-corrected chi connectivity index (χ4v) is 4.54. The highest BCUT2D eigenvalue weighted by atomic mass is 16.6. The van der Waals surface area contributed by atoms with Crippen LogP contribution in [0.1, 0.15) is 40.1 Å². The first-order valence-corrected chi connectivity index (χ1v) is 9.79. The minimum atomic E-state index is -0.554. The first-order valence-electron chi connectivity index (χ1n) is 9.79. The molecule has 3 atom stereocenters. The molecule has 0 amide bonds. The lowest BCUT2D eigenvalue weighted by Gasteiger charge is -2.36. The first-order chi connectivity index (χ1) is 15.0. The van der Waals surface area contributed by atoms with Crippen LogP contribution in [0.5, 0.6) is 0 Å². The topological polar surface area (TPSA) is 121 Å². The molecule has 3 aromatic rings. The summed E-state index contributed by atoms with van der Waals surface area (Å²) in [6, 6.07) is 10.9. The monoisotopic (exact) mass is 422 g/mol. The van der Waals surface area contributed by atoms with Crippen LogP contribution in [0.4, 0.5) is 11.4 Å². The first kappa shape index (κ1) is 19.3. The third-order valence-electron chi connectivity index (χ3n) is 5.98. The standard InChI is InChI=1S/C22H18N2O7/c1-29-21(25)12-4-2-11(3-5-12)18-14-8-9-30-20(14)17-15-10-13(24(27)28)6-7-16(15)31-22(26)19(17)23-18/h2-7,10,14,18,20,23H,8-9H2,1H3/t14-,18+,20-/m0/s1. The van der Waals surface area contributed by atoms with Gasteiger partial charge in [-0.2, -0.15) is 0 Å². The molecular formula is C22H18N2O7. The summed E-state index contributed by atoms with van der Waals surface area (Å²) in [5.74, 6) is -0.426. The maximum absolute atomic E-state index is 12.8. The van der Waals surface area contributed by atoms with Crippen molar-refractivity contribution in [3.8, 4) is 0 Å². The average molecular weight is 422 g/mol. The van der Waals surface area contributed by atoms with Crippen LogP contribution in [-0.2, 0) is 9.47 Å². The van der Waals surface area contributed by atoms with Crippen molar-refractivity contribution in [3.63, 3.8) is 0 Å². The van der Waals surface area contributed by atoms with Crippen LogP contribution in [0.25, 0.3) is 11.0 Å². The van der Waals surface area contributed by atoms with Gasteiger partial charge in [-0.25, -0.2) is 9.59 Å². The number of non-ortho nitro benzene ring substituents is 1. The zero-order chi connectivity index (χ0) is 21.7. The number of carbonyl (C=O) groups is 1. The van der Waals surface area contributed by atoms with E-state index in [9.17, 15) is 19.7 Å². The Hall–Kier alpha value is -3.72. The largest absolute Gasteiger partial charge is 0.465 e. The summed E-state index contributed by atoms with van der Waals surface area (Å²) in [5, 5.41) is 15.1. The molecule has 1 N–H and O–H groups in total. The lowest BCUT2D eigenvalue weighted by Crippen LogP contribution is -2.32. The van der Waals surface area contributed by atoms with Crippen LogP contribution in [0.15, 0.2) is 51.7 Å². The summed E-state index contributed by atoms with van der Waals surface area (Å²) in [5.41, 5.74) is 1.81. The second-order valence-electron chi connectivity index (χ2n) is 7.60. The number of hydrogen-bond acceptors (Lipinski definition) is 8. The van der Waals surface area contributed by atoms with Crippen molar-refractivity contribution < 1.29 is 23.6 Å². The van der Waals surface area contributed by atoms with Crippen LogP contribution >= 0.6 is 0 Å². The van der Waals surface area contributed by atoms with E-state index in [4.69, 9.17) is 13.9 Å². The van der Waals surface area contributed by atoms with Crippen LogP contribution in [0.2, 0.25) is 0 Å². The van der Waals surface area contributed by atoms with Crippen molar-refractivity contribution in [2.24, 2.45) is 5.92 Å². The van der Waals surface area contributed by atoms with E-state index in [1.54, 1.807) is 12.1 Å². The third-order valence-corrected chi connectivity index (χ3v) is 5.98. The van der Waals surface area contributed by atoms with E-state index in [0.717, 1.165) is 12.0 Å². The van der Waals surface area contributed by atoms with E-state index >= 15 is 0 Å². The Balaban J connectivity index is 1.64. The molecule has 0 bridgehead atoms. The molecule has 0 spiro atoms. The molecule has 31 heavy (non-hydrogen) atoms. The SMILES string of the molecule is COC(=O)c1ccc([C@H]2Nc3c(c4cc([N+](=O)[O-])ccc4oc3=O)[C@H]3OCC[C@@H]23)cc1. The molecule has 1 saturated heterocycles. The molecule has 0 unspecified atom stereocenters. The zero-order valence-corrected chi connectivity index (χ0v) is 16.5. The van der Waals surface area contributed by atoms with Crippen LogP contribution in [0, 0.1) is 16.0 Å². The molecule has 2 aromatic carbocycles. The molecule has 0 saturated carbocycles. The van der Waals surface area contributed by atoms with Gasteiger partial charge in [0.25, 0.3) is 5.69 Å². The number of nitrogens with zero attached hydrogens (tertiary/aromatic N) is 1. The molecule has 2 aliphatic rings. The lowest BCUT2D eigenvalue weighted by atomic mass is 9.80. The smallest absolute Gasteiger partial charge is 0.360 e. The van der Waals surface area contributed by atoms with Gasteiger partial charge < -0.3 is 19.2 Å². The van der Waals surface area contributed by atoms with Gasteiger partial charge in [0.15, 0.2) is 0 Å². The van der Waals surface area contributed by atoms with E-state index < -0.39 is 22.6 Å². The molecule has 2 aliphatic heterocycles. The van der Waals surface area contributed by atoms with Gasteiger partial charge in [-0.05, 0) is 30.2 Å². The summed E-state index contributed by atoms with van der Waals surface area (Å²) in [4.78, 5) is 35.3. The van der Waals surface area contributed by atoms with Crippen molar-refractivity contribution >= 4 is 28.3 Å². The van der Waals surface area contributed by atoms with Crippen molar-refractivity contribution in [2.75, 3.05) is 19.0 Å². The fraction of sp³-hybridized carbons (Fsp3) is 0.273. The Kier molecular flexibility index (Phi) is 4.48. The van der Waals surface area contributed by atoms with Gasteiger partial charge >= 0.3 is 11.6 Å². The predicted octanol–water partition coefficient (Wildman–Crippen LogP) is 3.73. The Morgan fingerprint density at radius 3 is 2.71 bits per heavy atom. The van der Waals surface area contributed by atoms with E-state index in [0.29, 0.717) is 23.1 Å². The number of esters is 1. The molecule has 5 rings (SSSR count). The van der Waals surface area contributed by atoms with Crippen molar-refractivity contribution in [3.05, 3.63) is 79.7 Å². The summed E-state index contributed by atoms with van der Waals surface area (Å²) in [6.45, 7) is 0.504. The molecular weight excluding hydrogens is 404 g/mol. The number of nitro benzene ring substituents is 1. The van der Waals surface area contributed by atoms with Crippen molar-refractivity contribution in [2.45, 2.75) is 18.6 Å². The highest BCUT2D eigenvalue weighted by Gasteiger charge is 2.44. The van der Waals surface area contributed by atoms with Gasteiger partial charge in [0.05, 0.1) is 29.7 Å². The van der Waals surface area contributed by atoms with Gasteiger partial charge in [-0.1, -0.05) is 12.1 Å². The van der Waals surface area contributed by atoms with E-state index in [-0.39, 0.29) is 28.9 Å². The minimum Gasteiger partial charge on any atom is -0.465 e. The van der Waals surface area contributed by atoms with E-state index in [1.165, 1.54) is 25.3 Å². The number of ether oxygens (including phenoxy) is 2. The molecule has 3 heterocycles. The molecule has 9 heteroatoms. The number of methoxy groups -OCH3 is 1. The van der Waals surface area contributed by atoms with Crippen molar-refractivity contribution in [1.82, 2.24) is 0 Å². The quantitative estimate of drug-likeness (QED) is 0.293. The number of rotatable bonds is 3. The molecule has 0 aliphatic carbocycles. The summed E-state index contributed by atoms with van der Waals surface area (Å²) >= 11 is 0. The maximum atomic E-state index is 12.8. The Morgan fingerprint density at radius 2 is 2.00 bits per heavy atom. The average Bonchev–Trinajstić information content (AvgIpc) is 3.27. The molecule has 1 aromatic heterocycles. The Labute approximate surface area is 175 Å². The Bertz CT molecular complexity index is 1270. The summed E-state index contributed by atoms with van der Waals surface area (Å²) in [7, 11) is 1.32. The predicted molar refractivity (Wildman–Crippen MR) is 110 cm³/mol. The second-order valence-corrected chi connectivity index (χ2v) is 7.60. The zero-order valence-electron chi connectivity index (χ0n) is 16.5. The van der Waals surface area contributed by atoms with E-state index in [1.807, 2.05) is 12.1 Å². The summed E-state index contributed by atoms with van der Waals surface area (Å²) < 4.78 is 16.2.